The van der Waals surface area contributed by atoms with Crippen molar-refractivity contribution in [3.63, 3.8) is 0 Å². The summed E-state index contributed by atoms with van der Waals surface area (Å²) in [6.07, 6.45) is 13.0. The van der Waals surface area contributed by atoms with Gasteiger partial charge in [-0.3, -0.25) is 0 Å². The Kier molecular flexibility index (Phi) is 5.06. The van der Waals surface area contributed by atoms with Gasteiger partial charge in [0.05, 0.1) is 11.7 Å². The lowest BCUT2D eigenvalue weighted by Crippen LogP contribution is -2.24. The van der Waals surface area contributed by atoms with E-state index in [0.717, 1.165) is 6.42 Å². The van der Waals surface area contributed by atoms with Gasteiger partial charge >= 0.3 is 0 Å². The van der Waals surface area contributed by atoms with Gasteiger partial charge in [-0.15, -0.1) is 0 Å². The minimum absolute atomic E-state index is 0.437. The molecule has 0 amide bonds. The van der Waals surface area contributed by atoms with Gasteiger partial charge in [0, 0.05) is 6.42 Å². The number of aliphatic hydroxyl groups is 2. The maximum atomic E-state index is 9.97. The van der Waals surface area contributed by atoms with Crippen LogP contribution in [0.2, 0.25) is 0 Å². The Morgan fingerprint density at radius 3 is 2.80 bits per heavy atom. The molecule has 0 aromatic heterocycles. The van der Waals surface area contributed by atoms with Crippen LogP contribution in [0.4, 0.5) is 0 Å². The van der Waals surface area contributed by atoms with Crippen LogP contribution in [0.5, 0.6) is 0 Å². The molecule has 15 heavy (non-hydrogen) atoms. The second-order valence-electron chi connectivity index (χ2n) is 4.41. The second-order valence-corrected chi connectivity index (χ2v) is 4.41. The van der Waals surface area contributed by atoms with E-state index in [0.29, 0.717) is 12.8 Å². The molecule has 0 aromatic rings. The molecule has 0 saturated heterocycles. The second kappa shape index (κ2) is 6.09. The molecule has 0 aliphatic heterocycles. The van der Waals surface area contributed by atoms with Gasteiger partial charge in [-0.25, -0.2) is 0 Å². The fourth-order valence-corrected chi connectivity index (χ4v) is 1.86. The number of rotatable bonds is 6. The molecule has 2 heteroatoms. The predicted octanol–water partition coefficient (Wildman–Crippen LogP) is 2.56. The van der Waals surface area contributed by atoms with E-state index in [1.165, 1.54) is 19.3 Å². The summed E-state index contributed by atoms with van der Waals surface area (Å²) in [4.78, 5) is 0. The highest BCUT2D eigenvalue weighted by molar-refractivity contribution is 5.14. The molecule has 86 valence electrons. The maximum absolute atomic E-state index is 9.97. The Hall–Kier alpha value is -0.600. The molecule has 0 spiro atoms. The number of hydrogen-bond acceptors (Lipinski definition) is 2. The van der Waals surface area contributed by atoms with Crippen molar-refractivity contribution in [1.82, 2.24) is 0 Å². The lowest BCUT2D eigenvalue weighted by atomic mass is 9.98. The zero-order valence-corrected chi connectivity index (χ0v) is 9.52. The fourth-order valence-electron chi connectivity index (χ4n) is 1.86. The van der Waals surface area contributed by atoms with Crippen LogP contribution >= 0.6 is 0 Å². The molecule has 1 aliphatic rings. The third kappa shape index (κ3) is 4.63. The third-order valence-corrected chi connectivity index (χ3v) is 2.80. The summed E-state index contributed by atoms with van der Waals surface area (Å²) in [5.41, 5.74) is -0.805. The Balaban J connectivity index is 2.16. The van der Waals surface area contributed by atoms with E-state index in [2.05, 4.69) is 13.0 Å². The van der Waals surface area contributed by atoms with Gasteiger partial charge in [0.1, 0.15) is 0 Å². The smallest absolute Gasteiger partial charge is 0.0890 e. The number of unbranched alkanes of at least 4 members (excludes halogenated alkanes) is 3. The van der Waals surface area contributed by atoms with E-state index in [9.17, 15) is 10.2 Å². The van der Waals surface area contributed by atoms with E-state index in [4.69, 9.17) is 0 Å². The van der Waals surface area contributed by atoms with Crippen LogP contribution in [0, 0.1) is 0 Å². The average molecular weight is 210 g/mol. The van der Waals surface area contributed by atoms with Gasteiger partial charge in [0.2, 0.25) is 0 Å². The SMILES string of the molecule is CCCCCC=CCC1(O)C=CC(O)C1. The zero-order chi connectivity index (χ0) is 11.1. The molecule has 2 atom stereocenters. The van der Waals surface area contributed by atoms with Crippen molar-refractivity contribution in [2.24, 2.45) is 0 Å². The van der Waals surface area contributed by atoms with E-state index in [1.807, 2.05) is 6.08 Å². The van der Waals surface area contributed by atoms with Gasteiger partial charge in [-0.1, -0.05) is 44.1 Å². The topological polar surface area (TPSA) is 40.5 Å². The first-order valence-electron chi connectivity index (χ1n) is 5.91. The van der Waals surface area contributed by atoms with E-state index in [1.54, 1.807) is 12.2 Å². The van der Waals surface area contributed by atoms with Crippen LogP contribution in [-0.2, 0) is 0 Å². The van der Waals surface area contributed by atoms with Crippen LogP contribution in [-0.4, -0.2) is 21.9 Å². The van der Waals surface area contributed by atoms with E-state index in [-0.39, 0.29) is 0 Å². The van der Waals surface area contributed by atoms with Crippen molar-refractivity contribution in [3.8, 4) is 0 Å². The minimum atomic E-state index is -0.805. The average Bonchev–Trinajstić information content (AvgIpc) is 2.53. The molecule has 1 rings (SSSR count). The van der Waals surface area contributed by atoms with Crippen molar-refractivity contribution >= 4 is 0 Å². The Bertz CT molecular complexity index is 233. The standard InChI is InChI=1S/C13H22O2/c1-2-3-4-5-6-7-9-13(15)10-8-12(14)11-13/h6-8,10,12,14-15H,2-5,9,11H2,1H3. The highest BCUT2D eigenvalue weighted by Crippen LogP contribution is 2.26. The van der Waals surface area contributed by atoms with Crippen molar-refractivity contribution < 1.29 is 10.2 Å². The first kappa shape index (κ1) is 12.5. The fraction of sp³-hybridized carbons (Fsp3) is 0.692. The summed E-state index contributed by atoms with van der Waals surface area (Å²) < 4.78 is 0. The number of allylic oxidation sites excluding steroid dienone is 1. The van der Waals surface area contributed by atoms with Gasteiger partial charge in [0.15, 0.2) is 0 Å². The first-order valence-corrected chi connectivity index (χ1v) is 5.91. The molecule has 0 aromatic carbocycles. The lowest BCUT2D eigenvalue weighted by molar-refractivity contribution is 0.0607. The molecular weight excluding hydrogens is 188 g/mol. The molecule has 2 unspecified atom stereocenters. The quantitative estimate of drug-likeness (QED) is 0.522. The predicted molar refractivity (Wildman–Crippen MR) is 62.6 cm³/mol. The molecule has 0 saturated carbocycles. The Morgan fingerprint density at radius 2 is 2.20 bits per heavy atom. The van der Waals surface area contributed by atoms with E-state index < -0.39 is 11.7 Å². The lowest BCUT2D eigenvalue weighted by Gasteiger charge is -2.18. The van der Waals surface area contributed by atoms with Crippen molar-refractivity contribution in [3.05, 3.63) is 24.3 Å². The van der Waals surface area contributed by atoms with Gasteiger partial charge in [-0.2, -0.15) is 0 Å². The number of hydrogen-bond donors (Lipinski definition) is 2. The molecule has 1 aliphatic carbocycles. The minimum Gasteiger partial charge on any atom is -0.389 e. The summed E-state index contributed by atoms with van der Waals surface area (Å²) in [6, 6.07) is 0. The Labute approximate surface area is 92.3 Å². The van der Waals surface area contributed by atoms with Crippen molar-refractivity contribution in [2.45, 2.75) is 57.2 Å². The third-order valence-electron chi connectivity index (χ3n) is 2.80. The van der Waals surface area contributed by atoms with Crippen molar-refractivity contribution in [1.29, 1.82) is 0 Å². The first-order chi connectivity index (χ1) is 7.16. The van der Waals surface area contributed by atoms with Crippen LogP contribution in [0.1, 0.15) is 45.4 Å². The Morgan fingerprint density at radius 1 is 1.40 bits per heavy atom. The maximum Gasteiger partial charge on any atom is 0.0890 e. The van der Waals surface area contributed by atoms with Crippen LogP contribution < -0.4 is 0 Å². The normalized spacial score (nSPS) is 30.5. The molecule has 0 radical (unpaired) electrons. The van der Waals surface area contributed by atoms with E-state index >= 15 is 0 Å². The summed E-state index contributed by atoms with van der Waals surface area (Å²) in [7, 11) is 0. The van der Waals surface area contributed by atoms with Gasteiger partial charge in [0.25, 0.3) is 0 Å². The highest BCUT2D eigenvalue weighted by atomic mass is 16.3. The number of aliphatic hydroxyl groups excluding tert-OH is 1. The van der Waals surface area contributed by atoms with Crippen LogP contribution in [0.15, 0.2) is 24.3 Å². The monoisotopic (exact) mass is 210 g/mol. The van der Waals surface area contributed by atoms with Gasteiger partial charge < -0.3 is 10.2 Å². The summed E-state index contributed by atoms with van der Waals surface area (Å²) in [6.45, 7) is 2.19. The van der Waals surface area contributed by atoms with Crippen LogP contribution in [0.3, 0.4) is 0 Å². The summed E-state index contributed by atoms with van der Waals surface area (Å²) in [5.74, 6) is 0. The highest BCUT2D eigenvalue weighted by Gasteiger charge is 2.29. The molecule has 0 bridgehead atoms. The molecule has 0 heterocycles. The molecular formula is C13H22O2. The van der Waals surface area contributed by atoms with Crippen molar-refractivity contribution in [2.75, 3.05) is 0 Å². The molecule has 0 fully saturated rings. The largest absolute Gasteiger partial charge is 0.389 e. The van der Waals surface area contributed by atoms with Crippen LogP contribution in [0.25, 0.3) is 0 Å². The summed E-state index contributed by atoms with van der Waals surface area (Å²) >= 11 is 0. The molecule has 2 nitrogen and oxygen atoms in total. The summed E-state index contributed by atoms with van der Waals surface area (Å²) in [5, 5.41) is 19.2. The molecule has 2 N–H and O–H groups in total. The zero-order valence-electron chi connectivity index (χ0n) is 9.52. The van der Waals surface area contributed by atoms with Gasteiger partial charge in [-0.05, 0) is 19.3 Å².